The second-order valence-electron chi connectivity index (χ2n) is 6.82. The van der Waals surface area contributed by atoms with Crippen molar-refractivity contribution in [2.24, 2.45) is 12.8 Å². The number of nitrogens with zero attached hydrogens (tertiary/aromatic N) is 3. The lowest BCUT2D eigenvalue weighted by Crippen LogP contribution is -2.68. The highest BCUT2D eigenvalue weighted by atomic mass is 32.2. The van der Waals surface area contributed by atoms with Gasteiger partial charge in [-0.3, -0.25) is 9.69 Å². The van der Waals surface area contributed by atoms with Crippen molar-refractivity contribution in [3.05, 3.63) is 53.3 Å². The van der Waals surface area contributed by atoms with Crippen LogP contribution in [0, 0.1) is 0 Å². The van der Waals surface area contributed by atoms with Crippen LogP contribution >= 0.6 is 23.5 Å². The highest BCUT2D eigenvalue weighted by molar-refractivity contribution is 8.02. The molecule has 0 aromatic carbocycles. The fourth-order valence-corrected chi connectivity index (χ4v) is 5.18. The Labute approximate surface area is 193 Å². The molecular formula is C19H17F3N4O5S2. The second kappa shape index (κ2) is 9.49. The quantitative estimate of drug-likeness (QED) is 0.346. The number of alkyl halides is 3. The van der Waals surface area contributed by atoms with E-state index in [1.54, 1.807) is 6.08 Å². The molecule has 3 N–H and O–H groups in total. The average molecular weight is 502 g/mol. The first-order valence-electron chi connectivity index (χ1n) is 9.17. The smallest absolute Gasteiger partial charge is 0.430 e. The molecule has 4 rings (SSSR count). The minimum absolute atomic E-state index is 0.0443. The first-order valence-corrected chi connectivity index (χ1v) is 11.1. The second-order valence-corrected chi connectivity index (χ2v) is 8.85. The Kier molecular flexibility index (Phi) is 7.09. The van der Waals surface area contributed by atoms with Gasteiger partial charge in [0.1, 0.15) is 35.5 Å². The van der Waals surface area contributed by atoms with Gasteiger partial charge in [0.15, 0.2) is 5.03 Å². The summed E-state index contributed by atoms with van der Waals surface area (Å²) >= 11 is 2.99. The Morgan fingerprint density at radius 3 is 2.67 bits per heavy atom. The van der Waals surface area contributed by atoms with Crippen molar-refractivity contribution >= 4 is 47.0 Å². The average Bonchev–Trinajstić information content (AvgIpc) is 3.14. The molecule has 4 heterocycles. The molecule has 2 aromatic rings. The molecule has 9 nitrogen and oxygen atoms in total. The number of carbonyl (C=O) groups excluding carboxylic acids is 2. The zero-order chi connectivity index (χ0) is 24.5. The Balaban J connectivity index is 0.000000383. The third-order valence-corrected chi connectivity index (χ3v) is 6.87. The van der Waals surface area contributed by atoms with Crippen molar-refractivity contribution in [1.29, 1.82) is 0 Å². The molecular weight excluding hydrogens is 485 g/mol. The van der Waals surface area contributed by atoms with E-state index in [0.717, 1.165) is 10.7 Å². The molecule has 176 valence electrons. The summed E-state index contributed by atoms with van der Waals surface area (Å²) in [6.07, 6.45) is 0.538. The molecule has 0 unspecified atom stereocenters. The summed E-state index contributed by atoms with van der Waals surface area (Å²) in [7, 11) is 1.98. The molecule has 0 aliphatic carbocycles. The number of halogens is 3. The maximum Gasteiger partial charge on any atom is 0.430 e. The lowest BCUT2D eigenvalue weighted by Gasteiger charge is -2.47. The van der Waals surface area contributed by atoms with Gasteiger partial charge in [0.2, 0.25) is 5.91 Å². The summed E-state index contributed by atoms with van der Waals surface area (Å²) in [5.41, 5.74) is 7.49. The predicted octanol–water partition coefficient (Wildman–Crippen LogP) is 0.249. The molecule has 33 heavy (non-hydrogen) atoms. The van der Waals surface area contributed by atoms with Crippen LogP contribution in [0.5, 0.6) is 0 Å². The Hall–Kier alpha value is -2.97. The van der Waals surface area contributed by atoms with Gasteiger partial charge in [-0.1, -0.05) is 11.8 Å². The minimum atomic E-state index is -5.19. The summed E-state index contributed by atoms with van der Waals surface area (Å²) < 4.78 is 35.6. The highest BCUT2D eigenvalue weighted by Crippen LogP contribution is 2.40. The van der Waals surface area contributed by atoms with Crippen LogP contribution < -0.4 is 15.4 Å². The van der Waals surface area contributed by atoms with E-state index in [1.807, 2.05) is 47.6 Å². The summed E-state index contributed by atoms with van der Waals surface area (Å²) in [6, 6.07) is 5.39. The highest BCUT2D eigenvalue weighted by Gasteiger charge is 2.51. The third kappa shape index (κ3) is 5.02. The number of carbonyl (C=O) groups is 3. The third-order valence-electron chi connectivity index (χ3n) is 4.70. The zero-order valence-corrected chi connectivity index (χ0v) is 18.5. The van der Waals surface area contributed by atoms with Gasteiger partial charge in [0, 0.05) is 11.8 Å². The number of hydrogen-bond donors (Lipinski definition) is 2. The molecule has 0 bridgehead atoms. The first kappa shape index (κ1) is 24.7. The summed E-state index contributed by atoms with van der Waals surface area (Å²) in [6.45, 7) is 0. The summed E-state index contributed by atoms with van der Waals surface area (Å²) in [5.74, 6) is -3.92. The van der Waals surface area contributed by atoms with E-state index in [-0.39, 0.29) is 17.0 Å². The van der Waals surface area contributed by atoms with Crippen LogP contribution in [0.3, 0.4) is 0 Å². The number of fused-ring (bicyclic) bond motifs is 2. The number of amides is 1. The maximum atomic E-state index is 12.0. The molecule has 0 saturated carbocycles. The van der Waals surface area contributed by atoms with Crippen LogP contribution in [0.2, 0.25) is 0 Å². The largest absolute Gasteiger partial charge is 0.542 e. The van der Waals surface area contributed by atoms with Gasteiger partial charge in [-0.15, -0.1) is 11.8 Å². The maximum absolute atomic E-state index is 12.0. The summed E-state index contributed by atoms with van der Waals surface area (Å²) in [5, 5.41) is 20.9. The number of imidazole rings is 1. The van der Waals surface area contributed by atoms with Gasteiger partial charge >= 0.3 is 12.1 Å². The normalized spacial score (nSPS) is 20.4. The van der Waals surface area contributed by atoms with E-state index >= 15 is 0 Å². The van der Waals surface area contributed by atoms with Gasteiger partial charge in [-0.05, 0) is 29.2 Å². The number of aliphatic carboxylic acids is 2. The van der Waals surface area contributed by atoms with Gasteiger partial charge in [0.05, 0.1) is 7.05 Å². The van der Waals surface area contributed by atoms with E-state index in [0.29, 0.717) is 11.3 Å². The van der Waals surface area contributed by atoms with E-state index < -0.39 is 24.2 Å². The number of aryl methyl sites for hydroxylation is 1. The molecule has 2 aromatic heterocycles. The van der Waals surface area contributed by atoms with Crippen LogP contribution in [0.25, 0.3) is 5.65 Å². The number of aromatic nitrogens is 2. The number of pyridine rings is 1. The minimum Gasteiger partial charge on any atom is -0.542 e. The number of thioether (sulfide) groups is 2. The predicted molar refractivity (Wildman–Crippen MR) is 110 cm³/mol. The van der Waals surface area contributed by atoms with E-state index in [9.17, 15) is 27.9 Å². The van der Waals surface area contributed by atoms with Crippen molar-refractivity contribution < 1.29 is 42.3 Å². The number of carboxylic acid groups (broad SMARTS) is 2. The fourth-order valence-electron chi connectivity index (χ4n) is 3.12. The molecule has 2 atom stereocenters. The van der Waals surface area contributed by atoms with Crippen LogP contribution in [0.4, 0.5) is 13.2 Å². The number of hydrogen-bond acceptors (Lipinski definition) is 7. The van der Waals surface area contributed by atoms with Crippen LogP contribution in [0.1, 0.15) is 0 Å². The molecule has 1 saturated heterocycles. The number of β-lactam (4-membered cyclic amide) rings is 1. The van der Waals surface area contributed by atoms with Crippen molar-refractivity contribution in [2.75, 3.05) is 5.75 Å². The monoisotopic (exact) mass is 502 g/mol. The first-order chi connectivity index (χ1) is 15.4. The number of carboxylic acids is 2. The number of allylic oxidation sites excluding steroid dienone is 1. The van der Waals surface area contributed by atoms with E-state index in [1.165, 1.54) is 28.4 Å². The van der Waals surface area contributed by atoms with Crippen molar-refractivity contribution in [1.82, 2.24) is 9.30 Å². The lowest BCUT2D eigenvalue weighted by atomic mass is 10.0. The van der Waals surface area contributed by atoms with Crippen LogP contribution in [0.15, 0.2) is 58.4 Å². The Morgan fingerprint density at radius 1 is 1.39 bits per heavy atom. The van der Waals surface area contributed by atoms with Gasteiger partial charge in [0.25, 0.3) is 5.65 Å². The van der Waals surface area contributed by atoms with E-state index in [4.69, 9.17) is 15.6 Å². The summed E-state index contributed by atoms with van der Waals surface area (Å²) in [4.78, 5) is 33.7. The molecule has 1 amide bonds. The van der Waals surface area contributed by atoms with Crippen LogP contribution in [-0.2, 0) is 21.4 Å². The molecule has 2 aliphatic rings. The Morgan fingerprint density at radius 2 is 2.06 bits per heavy atom. The number of rotatable bonds is 4. The molecule has 14 heteroatoms. The lowest BCUT2D eigenvalue weighted by molar-refractivity contribution is -0.644. The molecule has 1 fully saturated rings. The van der Waals surface area contributed by atoms with Crippen molar-refractivity contribution in [2.45, 2.75) is 22.6 Å². The molecule has 0 radical (unpaired) electrons. The van der Waals surface area contributed by atoms with Gasteiger partial charge < -0.3 is 20.7 Å². The molecule has 0 spiro atoms. The SMILES string of the molecule is C[n+]1ccn2c(S/C=C/C3=C(C(=O)O)N4C(=O)[C@@H](N)[C@@H]4SC3)cccc21.O=C([O-])C(F)(F)F. The zero-order valence-electron chi connectivity index (χ0n) is 16.9. The Bertz CT molecular complexity index is 1180. The fraction of sp³-hybridized carbons (Fsp3) is 0.263. The van der Waals surface area contributed by atoms with Crippen molar-refractivity contribution in [3.8, 4) is 0 Å². The van der Waals surface area contributed by atoms with Gasteiger partial charge in [-0.2, -0.15) is 17.6 Å². The van der Waals surface area contributed by atoms with E-state index in [2.05, 4.69) is 4.40 Å². The topological polar surface area (TPSA) is 132 Å². The van der Waals surface area contributed by atoms with Crippen LogP contribution in [-0.4, -0.2) is 55.6 Å². The van der Waals surface area contributed by atoms with Crippen molar-refractivity contribution in [3.63, 3.8) is 0 Å². The van der Waals surface area contributed by atoms with Gasteiger partial charge in [-0.25, -0.2) is 9.36 Å². The molecule has 2 aliphatic heterocycles. The standard InChI is InChI=1S/C17H16N4O3S2.C2HF3O2/c1-19-6-7-20-11(19)3-2-4-12(20)25-8-5-10-9-26-16-13(18)15(22)21(16)14(10)17(23)24;3-2(4,5)1(6)7/h2-8,13,16H,9,18H2,1H3;(H,6,7)/b8-5+;/t13-,16+;/m1./s1. The number of nitrogens with two attached hydrogens (primary N) is 1.